The van der Waals surface area contributed by atoms with Crippen molar-refractivity contribution in [1.82, 2.24) is 4.57 Å². The van der Waals surface area contributed by atoms with Crippen LogP contribution in [0, 0.1) is 6.92 Å². The summed E-state index contributed by atoms with van der Waals surface area (Å²) >= 11 is 0. The molecule has 3 aromatic carbocycles. The normalized spacial score (nSPS) is 12.5. The molecule has 2 heterocycles. The summed E-state index contributed by atoms with van der Waals surface area (Å²) in [5.74, 6) is 1.21. The van der Waals surface area contributed by atoms with Gasteiger partial charge >= 0.3 is 0 Å². The minimum Gasteiger partial charge on any atom is -0.486 e. The maximum Gasteiger partial charge on any atom is 0.256 e. The molecule has 0 saturated heterocycles. The maximum atomic E-state index is 13.5. The number of ether oxygens (including phenoxy) is 2. The molecule has 1 aliphatic heterocycles. The molecule has 6 heteroatoms. The van der Waals surface area contributed by atoms with Crippen LogP contribution in [0.5, 0.6) is 11.5 Å². The molecule has 0 unspecified atom stereocenters. The second-order valence-corrected chi connectivity index (χ2v) is 8.54. The Labute approximate surface area is 197 Å². The van der Waals surface area contributed by atoms with Gasteiger partial charge < -0.3 is 19.4 Å². The number of ketones is 1. The Morgan fingerprint density at radius 3 is 2.38 bits per heavy atom. The van der Waals surface area contributed by atoms with E-state index in [1.807, 2.05) is 73.7 Å². The Bertz CT molecular complexity index is 1390. The molecule has 0 atom stereocenters. The molecule has 0 radical (unpaired) electrons. The van der Waals surface area contributed by atoms with Crippen LogP contribution in [0.15, 0.2) is 77.6 Å². The van der Waals surface area contributed by atoms with Crippen molar-refractivity contribution < 1.29 is 14.3 Å². The van der Waals surface area contributed by atoms with E-state index in [0.29, 0.717) is 42.3 Å². The number of Topliss-reactive ketones (excluding diaryl/α,β-unsaturated/α-hetero) is 1. The predicted octanol–water partition coefficient (Wildman–Crippen LogP) is 4.51. The number of fused-ring (bicyclic) bond motifs is 2. The molecule has 1 aromatic heterocycles. The van der Waals surface area contributed by atoms with Crippen molar-refractivity contribution in [1.29, 1.82) is 0 Å². The van der Waals surface area contributed by atoms with Gasteiger partial charge in [-0.2, -0.15) is 0 Å². The zero-order valence-electron chi connectivity index (χ0n) is 19.0. The van der Waals surface area contributed by atoms with Gasteiger partial charge in [-0.25, -0.2) is 0 Å². The summed E-state index contributed by atoms with van der Waals surface area (Å²) in [6.07, 6.45) is 0.269. The summed E-state index contributed by atoms with van der Waals surface area (Å²) in [7, 11) is 0. The fourth-order valence-electron chi connectivity index (χ4n) is 4.18. The van der Waals surface area contributed by atoms with E-state index in [4.69, 9.17) is 9.47 Å². The van der Waals surface area contributed by atoms with E-state index < -0.39 is 0 Å². The Morgan fingerprint density at radius 2 is 1.65 bits per heavy atom. The van der Waals surface area contributed by atoms with Gasteiger partial charge in [-0.15, -0.1) is 0 Å². The van der Waals surface area contributed by atoms with Crippen LogP contribution in [-0.4, -0.2) is 23.6 Å². The topological polar surface area (TPSA) is 69.6 Å². The second-order valence-electron chi connectivity index (χ2n) is 8.54. The number of nitrogens with one attached hydrogen (secondary N) is 1. The Kier molecular flexibility index (Phi) is 6.04. The van der Waals surface area contributed by atoms with Crippen molar-refractivity contribution >= 4 is 22.4 Å². The lowest BCUT2D eigenvalue weighted by atomic mass is 10.1. The number of anilines is 1. The van der Waals surface area contributed by atoms with E-state index in [9.17, 15) is 9.59 Å². The van der Waals surface area contributed by atoms with Crippen LogP contribution in [-0.2, 0) is 24.3 Å². The minimum absolute atomic E-state index is 0.0119. The van der Waals surface area contributed by atoms with Crippen molar-refractivity contribution in [2.24, 2.45) is 0 Å². The number of hydrogen-bond acceptors (Lipinski definition) is 5. The summed E-state index contributed by atoms with van der Waals surface area (Å²) in [6, 6.07) is 23.2. The molecule has 0 fully saturated rings. The van der Waals surface area contributed by atoms with Gasteiger partial charge in [0.25, 0.3) is 5.56 Å². The zero-order chi connectivity index (χ0) is 23.5. The Balaban J connectivity index is 1.51. The number of carbonyl (C=O) groups excluding carboxylic acids is 1. The quantitative estimate of drug-likeness (QED) is 0.445. The van der Waals surface area contributed by atoms with E-state index in [0.717, 1.165) is 22.2 Å². The van der Waals surface area contributed by atoms with E-state index in [1.165, 1.54) is 0 Å². The third-order valence-electron chi connectivity index (χ3n) is 5.94. The number of para-hydroxylation sites is 1. The van der Waals surface area contributed by atoms with E-state index >= 15 is 0 Å². The first-order valence-electron chi connectivity index (χ1n) is 11.4. The van der Waals surface area contributed by atoms with Gasteiger partial charge in [0.1, 0.15) is 13.2 Å². The maximum absolute atomic E-state index is 13.5. The average molecular weight is 455 g/mol. The average Bonchev–Trinajstić information content (AvgIpc) is 2.86. The van der Waals surface area contributed by atoms with Crippen LogP contribution in [0.25, 0.3) is 10.9 Å². The van der Waals surface area contributed by atoms with Crippen LogP contribution in [0.1, 0.15) is 16.7 Å². The summed E-state index contributed by atoms with van der Waals surface area (Å²) in [6.45, 7) is 3.28. The molecule has 4 aromatic rings. The molecule has 172 valence electrons. The number of aryl methyl sites for hydroxylation is 1. The van der Waals surface area contributed by atoms with Gasteiger partial charge in [0.2, 0.25) is 0 Å². The molecular formula is C28H26N2O4. The number of aromatic nitrogens is 1. The van der Waals surface area contributed by atoms with Gasteiger partial charge in [0.05, 0.1) is 12.1 Å². The van der Waals surface area contributed by atoms with Gasteiger partial charge in [-0.3, -0.25) is 9.59 Å². The number of hydrogen-bond donors (Lipinski definition) is 1. The molecule has 1 N–H and O–H groups in total. The van der Waals surface area contributed by atoms with Crippen molar-refractivity contribution in [3.8, 4) is 11.5 Å². The predicted molar refractivity (Wildman–Crippen MR) is 133 cm³/mol. The lowest BCUT2D eigenvalue weighted by molar-refractivity contribution is -0.119. The largest absolute Gasteiger partial charge is 0.486 e. The second kappa shape index (κ2) is 9.43. The van der Waals surface area contributed by atoms with Crippen molar-refractivity contribution in [2.75, 3.05) is 18.5 Å². The molecule has 34 heavy (non-hydrogen) atoms. The first-order chi connectivity index (χ1) is 16.6. The van der Waals surface area contributed by atoms with Crippen molar-refractivity contribution in [3.05, 3.63) is 99.8 Å². The fourth-order valence-corrected chi connectivity index (χ4v) is 4.18. The molecule has 1 aliphatic rings. The summed E-state index contributed by atoms with van der Waals surface area (Å²) in [4.78, 5) is 26.5. The first kappa shape index (κ1) is 21.8. The lowest BCUT2D eigenvalue weighted by Gasteiger charge is -2.21. The van der Waals surface area contributed by atoms with Crippen molar-refractivity contribution in [3.63, 3.8) is 0 Å². The molecule has 0 aliphatic carbocycles. The molecule has 5 rings (SSSR count). The molecule has 0 amide bonds. The van der Waals surface area contributed by atoms with Gasteiger partial charge in [-0.05, 0) is 36.8 Å². The molecule has 0 saturated carbocycles. The lowest BCUT2D eigenvalue weighted by Crippen LogP contribution is -2.29. The van der Waals surface area contributed by atoms with Crippen LogP contribution in [0.4, 0.5) is 5.69 Å². The van der Waals surface area contributed by atoms with Crippen LogP contribution in [0.2, 0.25) is 0 Å². The minimum atomic E-state index is -0.190. The van der Waals surface area contributed by atoms with Gasteiger partial charge in [0, 0.05) is 35.7 Å². The Morgan fingerprint density at radius 1 is 0.941 bits per heavy atom. The highest BCUT2D eigenvalue weighted by molar-refractivity contribution is 5.87. The summed E-state index contributed by atoms with van der Waals surface area (Å²) in [5, 5.41) is 4.13. The monoisotopic (exact) mass is 454 g/mol. The standard InChI is InChI=1S/C28H26N2O4/c1-19-7-9-20(10-8-19)13-24(31)18-30-25-16-27-26(33-11-12-34-27)15-21(25)14-22(28(30)32)17-29-23-5-3-2-4-6-23/h2-10,14-16,29H,11-13,17-18H2,1H3. The SMILES string of the molecule is Cc1ccc(CC(=O)Cn2c(=O)c(CNc3ccccc3)cc3cc4c(cc32)OCCO4)cc1. The van der Waals surface area contributed by atoms with Crippen LogP contribution in [0.3, 0.4) is 0 Å². The number of rotatable bonds is 7. The molecular weight excluding hydrogens is 428 g/mol. The van der Waals surface area contributed by atoms with E-state index in [2.05, 4.69) is 5.32 Å². The van der Waals surface area contributed by atoms with E-state index in [-0.39, 0.29) is 24.3 Å². The highest BCUT2D eigenvalue weighted by Gasteiger charge is 2.18. The van der Waals surface area contributed by atoms with Crippen LogP contribution < -0.4 is 20.3 Å². The molecule has 0 bridgehead atoms. The number of benzene rings is 3. The zero-order valence-corrected chi connectivity index (χ0v) is 19.0. The number of pyridine rings is 1. The van der Waals surface area contributed by atoms with Crippen LogP contribution >= 0.6 is 0 Å². The smallest absolute Gasteiger partial charge is 0.256 e. The fraction of sp³-hybridized carbons (Fsp3) is 0.214. The summed E-state index contributed by atoms with van der Waals surface area (Å²) < 4.78 is 13.0. The highest BCUT2D eigenvalue weighted by Crippen LogP contribution is 2.34. The third kappa shape index (κ3) is 4.66. The van der Waals surface area contributed by atoms with E-state index in [1.54, 1.807) is 10.6 Å². The number of carbonyl (C=O) groups is 1. The van der Waals surface area contributed by atoms with Crippen molar-refractivity contribution in [2.45, 2.75) is 26.4 Å². The molecule has 6 nitrogen and oxygen atoms in total. The number of nitrogens with zero attached hydrogens (tertiary/aromatic N) is 1. The van der Waals surface area contributed by atoms with Gasteiger partial charge in [-0.1, -0.05) is 48.0 Å². The molecule has 0 spiro atoms. The Hall–Kier alpha value is -4.06. The third-order valence-corrected chi connectivity index (χ3v) is 5.94. The van der Waals surface area contributed by atoms with Gasteiger partial charge in [0.15, 0.2) is 17.3 Å². The summed E-state index contributed by atoms with van der Waals surface area (Å²) in [5.41, 5.74) is 4.05. The first-order valence-corrected chi connectivity index (χ1v) is 11.4. The highest BCUT2D eigenvalue weighted by atomic mass is 16.6.